The first-order valence-electron chi connectivity index (χ1n) is 3.53. The largest absolute Gasteiger partial charge is 0.349 e. The summed E-state index contributed by atoms with van der Waals surface area (Å²) < 4.78 is 3.25. The van der Waals surface area contributed by atoms with Gasteiger partial charge in [0.1, 0.15) is 5.52 Å². The first-order valence-corrected chi connectivity index (χ1v) is 3.53. The van der Waals surface area contributed by atoms with Crippen molar-refractivity contribution in [3.8, 4) is 0 Å². The smallest absolute Gasteiger partial charge is 0.331 e. The van der Waals surface area contributed by atoms with Crippen molar-refractivity contribution in [1.29, 1.82) is 0 Å². The number of hydrogen-bond donors (Lipinski definition) is 0. The van der Waals surface area contributed by atoms with Crippen molar-refractivity contribution in [3.63, 3.8) is 0 Å². The van der Waals surface area contributed by atoms with E-state index in [1.165, 1.54) is 10.8 Å². The van der Waals surface area contributed by atoms with E-state index in [-0.39, 0.29) is 5.69 Å². The summed E-state index contributed by atoms with van der Waals surface area (Å²) in [6.45, 7) is 0. The molecule has 2 aromatic heterocycles. The molecule has 0 amide bonds. The lowest BCUT2D eigenvalue weighted by Gasteiger charge is -1.96. The highest BCUT2D eigenvalue weighted by Crippen LogP contribution is 2.04. The lowest BCUT2D eigenvalue weighted by molar-refractivity contribution is 0.839. The number of imidazole rings is 1. The van der Waals surface area contributed by atoms with E-state index in [0.29, 0.717) is 5.65 Å². The highest BCUT2D eigenvalue weighted by Gasteiger charge is 2.03. The minimum Gasteiger partial charge on any atom is -0.331 e. The third-order valence-electron chi connectivity index (χ3n) is 1.86. The van der Waals surface area contributed by atoms with Gasteiger partial charge >= 0.3 is 5.69 Å². The predicted molar refractivity (Wildman–Crippen MR) is 43.8 cm³/mol. The molecule has 2 aromatic rings. The van der Waals surface area contributed by atoms with Gasteiger partial charge < -0.3 is 4.57 Å². The van der Waals surface area contributed by atoms with Gasteiger partial charge in [-0.25, -0.2) is 9.78 Å². The summed E-state index contributed by atoms with van der Waals surface area (Å²) in [5, 5.41) is 0. The number of fused-ring (bicyclic) bond motifs is 1. The van der Waals surface area contributed by atoms with Gasteiger partial charge in [-0.3, -0.25) is 4.57 Å². The van der Waals surface area contributed by atoms with Gasteiger partial charge in [0.05, 0.1) is 12.5 Å². The Morgan fingerprint density at radius 3 is 2.83 bits per heavy atom. The second kappa shape index (κ2) is 2.17. The van der Waals surface area contributed by atoms with Crippen LogP contribution >= 0.6 is 0 Å². The standard InChI is InChI=1S/C7H8N4O/c1-10-4-9-6-5(10)3-8-7(12)11(6)2/h3-4H,1-2H3. The van der Waals surface area contributed by atoms with Crippen LogP contribution in [0.5, 0.6) is 0 Å². The van der Waals surface area contributed by atoms with Crippen LogP contribution in [0.15, 0.2) is 17.3 Å². The molecule has 0 aliphatic rings. The summed E-state index contributed by atoms with van der Waals surface area (Å²) in [7, 11) is 3.52. The van der Waals surface area contributed by atoms with E-state index in [1.54, 1.807) is 13.4 Å². The summed E-state index contributed by atoms with van der Waals surface area (Å²) in [5.41, 5.74) is 1.25. The maximum absolute atomic E-state index is 11.0. The Balaban J connectivity index is 3.02. The summed E-state index contributed by atoms with van der Waals surface area (Å²) in [6, 6.07) is 0. The van der Waals surface area contributed by atoms with Crippen LogP contribution in [0.25, 0.3) is 11.2 Å². The van der Waals surface area contributed by atoms with Crippen molar-refractivity contribution in [2.45, 2.75) is 0 Å². The van der Waals surface area contributed by atoms with E-state index in [0.717, 1.165) is 5.52 Å². The topological polar surface area (TPSA) is 52.7 Å². The average Bonchev–Trinajstić information content (AvgIpc) is 2.41. The molecule has 2 rings (SSSR count). The first-order chi connectivity index (χ1) is 5.70. The van der Waals surface area contributed by atoms with Gasteiger partial charge in [0.2, 0.25) is 0 Å². The highest BCUT2D eigenvalue weighted by molar-refractivity contribution is 5.69. The molecule has 2 heterocycles. The first kappa shape index (κ1) is 7.02. The molecule has 0 atom stereocenters. The number of rotatable bonds is 0. The van der Waals surface area contributed by atoms with E-state index < -0.39 is 0 Å². The van der Waals surface area contributed by atoms with E-state index in [1.807, 2.05) is 11.6 Å². The number of nitrogens with zero attached hydrogens (tertiary/aromatic N) is 4. The second-order valence-electron chi connectivity index (χ2n) is 2.66. The second-order valence-corrected chi connectivity index (χ2v) is 2.66. The minimum atomic E-state index is -0.277. The molecule has 12 heavy (non-hydrogen) atoms. The molecule has 0 bridgehead atoms. The third kappa shape index (κ3) is 0.761. The maximum atomic E-state index is 11.0. The molecule has 0 aromatic carbocycles. The molecule has 62 valence electrons. The molecule has 5 nitrogen and oxygen atoms in total. The summed E-state index contributed by atoms with van der Waals surface area (Å²) >= 11 is 0. The quantitative estimate of drug-likeness (QED) is 0.535. The summed E-state index contributed by atoms with van der Waals surface area (Å²) in [4.78, 5) is 18.8. The Morgan fingerprint density at radius 1 is 1.33 bits per heavy atom. The number of aromatic nitrogens is 4. The fourth-order valence-electron chi connectivity index (χ4n) is 1.13. The van der Waals surface area contributed by atoms with Gasteiger partial charge in [-0.2, -0.15) is 4.98 Å². The Morgan fingerprint density at radius 2 is 2.08 bits per heavy atom. The van der Waals surface area contributed by atoms with E-state index in [9.17, 15) is 4.79 Å². The maximum Gasteiger partial charge on any atom is 0.349 e. The lowest BCUT2D eigenvalue weighted by atomic mass is 10.5. The zero-order valence-electron chi connectivity index (χ0n) is 6.85. The lowest BCUT2D eigenvalue weighted by Crippen LogP contribution is -2.19. The van der Waals surface area contributed by atoms with Crippen LogP contribution in [0.4, 0.5) is 0 Å². The zero-order chi connectivity index (χ0) is 8.72. The molecule has 0 spiro atoms. The monoisotopic (exact) mass is 164 g/mol. The van der Waals surface area contributed by atoms with Crippen LogP contribution in [-0.4, -0.2) is 19.1 Å². The molecule has 0 radical (unpaired) electrons. The van der Waals surface area contributed by atoms with E-state index in [2.05, 4.69) is 9.97 Å². The van der Waals surface area contributed by atoms with Crippen LogP contribution < -0.4 is 5.69 Å². The van der Waals surface area contributed by atoms with E-state index in [4.69, 9.17) is 0 Å². The molecule has 0 saturated carbocycles. The third-order valence-corrected chi connectivity index (χ3v) is 1.86. The summed E-state index contributed by atoms with van der Waals surface area (Å²) in [6.07, 6.45) is 3.19. The molecular formula is C7H8N4O. The zero-order valence-corrected chi connectivity index (χ0v) is 6.85. The van der Waals surface area contributed by atoms with Crippen LogP contribution in [0, 0.1) is 0 Å². The highest BCUT2D eigenvalue weighted by atomic mass is 16.1. The molecule has 0 aliphatic carbocycles. The molecule has 0 N–H and O–H groups in total. The Hall–Kier alpha value is -1.65. The molecule has 0 unspecified atom stereocenters. The van der Waals surface area contributed by atoms with E-state index >= 15 is 0 Å². The van der Waals surface area contributed by atoms with Crippen molar-refractivity contribution in [1.82, 2.24) is 19.1 Å². The van der Waals surface area contributed by atoms with Gasteiger partial charge in [-0.15, -0.1) is 0 Å². The normalized spacial score (nSPS) is 10.8. The van der Waals surface area contributed by atoms with Gasteiger partial charge in [0.25, 0.3) is 0 Å². The molecule has 0 aliphatic heterocycles. The van der Waals surface area contributed by atoms with Crippen molar-refractivity contribution < 1.29 is 0 Å². The van der Waals surface area contributed by atoms with Gasteiger partial charge in [-0.05, 0) is 0 Å². The molecular weight excluding hydrogens is 156 g/mol. The number of hydrogen-bond acceptors (Lipinski definition) is 3. The average molecular weight is 164 g/mol. The number of aryl methyl sites for hydroxylation is 2. The Bertz CT molecular complexity index is 482. The molecule has 0 fully saturated rings. The van der Waals surface area contributed by atoms with Gasteiger partial charge in [-0.1, -0.05) is 0 Å². The van der Waals surface area contributed by atoms with Crippen LogP contribution in [0.2, 0.25) is 0 Å². The van der Waals surface area contributed by atoms with Crippen molar-refractivity contribution >= 4 is 11.2 Å². The van der Waals surface area contributed by atoms with Gasteiger partial charge in [0, 0.05) is 14.1 Å². The SMILES string of the molecule is Cn1cnc2c1cnc(=O)n2C. The van der Waals surface area contributed by atoms with Gasteiger partial charge in [0.15, 0.2) is 5.65 Å². The predicted octanol–water partition coefficient (Wildman–Crippen LogP) is -0.333. The fraction of sp³-hybridized carbons (Fsp3) is 0.286. The molecule has 5 heteroatoms. The van der Waals surface area contributed by atoms with Crippen molar-refractivity contribution in [2.75, 3.05) is 0 Å². The fourth-order valence-corrected chi connectivity index (χ4v) is 1.13. The molecule has 0 saturated heterocycles. The Labute approximate surface area is 68.3 Å². The minimum absolute atomic E-state index is 0.277. The van der Waals surface area contributed by atoms with Crippen LogP contribution in [-0.2, 0) is 14.1 Å². The van der Waals surface area contributed by atoms with Crippen molar-refractivity contribution in [2.24, 2.45) is 14.1 Å². The Kier molecular flexibility index (Phi) is 1.27. The van der Waals surface area contributed by atoms with Crippen LogP contribution in [0.3, 0.4) is 0 Å². The summed E-state index contributed by atoms with van der Waals surface area (Å²) in [5.74, 6) is 0. The van der Waals surface area contributed by atoms with Crippen LogP contribution in [0.1, 0.15) is 0 Å². The van der Waals surface area contributed by atoms with Crippen molar-refractivity contribution in [3.05, 3.63) is 23.0 Å².